The molecule has 1 aromatic heterocycles. The monoisotopic (exact) mass is 493 g/mol. The van der Waals surface area contributed by atoms with Gasteiger partial charge in [-0.15, -0.1) is 11.8 Å². The quantitative estimate of drug-likeness (QED) is 0.244. The number of anilines is 2. The highest BCUT2D eigenvalue weighted by Crippen LogP contribution is 2.26. The van der Waals surface area contributed by atoms with Gasteiger partial charge in [0.05, 0.1) is 5.75 Å². The van der Waals surface area contributed by atoms with E-state index in [-0.39, 0.29) is 17.6 Å². The molecule has 0 aliphatic heterocycles. The Balaban J connectivity index is 1.12. The summed E-state index contributed by atoms with van der Waals surface area (Å²) < 4.78 is 5.79. The molecule has 0 aliphatic carbocycles. The number of benzene rings is 4. The second-order valence-electron chi connectivity index (χ2n) is 8.25. The average Bonchev–Trinajstić information content (AvgIpc) is 3.33. The van der Waals surface area contributed by atoms with Crippen molar-refractivity contribution >= 4 is 46.1 Å². The molecule has 2 amide bonds. The fourth-order valence-electron chi connectivity index (χ4n) is 3.58. The number of aromatic nitrogens is 1. The molecular weight excluding hydrogens is 470 g/mol. The third kappa shape index (κ3) is 5.64. The number of oxazole rings is 1. The van der Waals surface area contributed by atoms with Gasteiger partial charge in [-0.3, -0.25) is 9.59 Å². The van der Waals surface area contributed by atoms with Crippen LogP contribution in [0.5, 0.6) is 0 Å². The average molecular weight is 494 g/mol. The summed E-state index contributed by atoms with van der Waals surface area (Å²) in [7, 11) is 0. The van der Waals surface area contributed by atoms with Crippen molar-refractivity contribution < 1.29 is 14.0 Å². The minimum atomic E-state index is -0.156. The fourth-order valence-corrected chi connectivity index (χ4v) is 4.28. The molecule has 178 valence electrons. The van der Waals surface area contributed by atoms with Crippen LogP contribution in [0.2, 0.25) is 0 Å². The molecule has 0 atom stereocenters. The number of carbonyl (C=O) groups excluding carboxylic acids is 2. The zero-order valence-corrected chi connectivity index (χ0v) is 20.3. The standard InChI is InChI=1S/C29H23N3O3S/c1-19-6-8-20(9-7-19)28(34)31-23-14-16-24(17-15-23)36-18-27(33)30-22-12-10-21(11-13-22)29-32-25-4-2-3-5-26(25)35-29/h2-17H,18H2,1H3,(H,30,33)(H,31,34). The maximum Gasteiger partial charge on any atom is 0.255 e. The molecule has 5 rings (SSSR count). The summed E-state index contributed by atoms with van der Waals surface area (Å²) in [6, 6.07) is 29.9. The van der Waals surface area contributed by atoms with Crippen molar-refractivity contribution in [3.8, 4) is 11.5 Å². The zero-order chi connectivity index (χ0) is 24.9. The van der Waals surface area contributed by atoms with Crippen molar-refractivity contribution in [2.24, 2.45) is 0 Å². The molecule has 6 nitrogen and oxygen atoms in total. The van der Waals surface area contributed by atoms with Gasteiger partial charge in [-0.25, -0.2) is 4.98 Å². The smallest absolute Gasteiger partial charge is 0.255 e. The molecule has 4 aromatic carbocycles. The molecule has 0 spiro atoms. The molecule has 2 N–H and O–H groups in total. The van der Waals surface area contributed by atoms with Crippen LogP contribution in [-0.4, -0.2) is 22.6 Å². The number of hydrogen-bond acceptors (Lipinski definition) is 5. The summed E-state index contributed by atoms with van der Waals surface area (Å²) in [6.45, 7) is 1.98. The molecule has 0 bridgehead atoms. The van der Waals surface area contributed by atoms with Gasteiger partial charge >= 0.3 is 0 Å². The minimum absolute atomic E-state index is 0.105. The van der Waals surface area contributed by atoms with Gasteiger partial charge in [0.25, 0.3) is 5.91 Å². The largest absolute Gasteiger partial charge is 0.436 e. The van der Waals surface area contributed by atoms with Crippen LogP contribution in [0, 0.1) is 6.92 Å². The van der Waals surface area contributed by atoms with E-state index in [1.54, 1.807) is 12.1 Å². The third-order valence-corrected chi connectivity index (χ3v) is 6.52. The number of hydrogen-bond donors (Lipinski definition) is 2. The number of nitrogens with one attached hydrogen (secondary N) is 2. The molecule has 0 saturated carbocycles. The molecule has 1 heterocycles. The van der Waals surface area contributed by atoms with Gasteiger partial charge in [-0.05, 0) is 79.7 Å². The number of rotatable bonds is 7. The van der Waals surface area contributed by atoms with E-state index in [9.17, 15) is 9.59 Å². The van der Waals surface area contributed by atoms with E-state index < -0.39 is 0 Å². The Labute approximate surface area is 212 Å². The zero-order valence-electron chi connectivity index (χ0n) is 19.5. The van der Waals surface area contributed by atoms with Crippen molar-refractivity contribution in [2.45, 2.75) is 11.8 Å². The number of para-hydroxylation sites is 2. The highest BCUT2D eigenvalue weighted by Gasteiger charge is 2.10. The Morgan fingerprint density at radius 3 is 2.19 bits per heavy atom. The Bertz CT molecular complexity index is 1480. The van der Waals surface area contributed by atoms with E-state index in [0.717, 1.165) is 27.1 Å². The third-order valence-electron chi connectivity index (χ3n) is 5.51. The lowest BCUT2D eigenvalue weighted by Gasteiger charge is -2.08. The van der Waals surface area contributed by atoms with Gasteiger partial charge in [0.2, 0.25) is 11.8 Å². The van der Waals surface area contributed by atoms with Crippen LogP contribution in [0.1, 0.15) is 15.9 Å². The number of thioether (sulfide) groups is 1. The topological polar surface area (TPSA) is 84.2 Å². The summed E-state index contributed by atoms with van der Waals surface area (Å²) in [5.74, 6) is 0.550. The predicted molar refractivity (Wildman–Crippen MR) is 144 cm³/mol. The number of carbonyl (C=O) groups is 2. The van der Waals surface area contributed by atoms with Crippen LogP contribution in [0.15, 0.2) is 106 Å². The first-order valence-corrected chi connectivity index (χ1v) is 12.4. The molecule has 0 fully saturated rings. The number of fused-ring (bicyclic) bond motifs is 1. The van der Waals surface area contributed by atoms with Gasteiger partial charge in [-0.2, -0.15) is 0 Å². The molecule has 36 heavy (non-hydrogen) atoms. The first-order valence-electron chi connectivity index (χ1n) is 11.4. The highest BCUT2D eigenvalue weighted by atomic mass is 32.2. The van der Waals surface area contributed by atoms with Crippen LogP contribution >= 0.6 is 11.8 Å². The predicted octanol–water partition coefficient (Wildman–Crippen LogP) is 6.79. The minimum Gasteiger partial charge on any atom is -0.436 e. The molecule has 5 aromatic rings. The van der Waals surface area contributed by atoms with Crippen LogP contribution < -0.4 is 10.6 Å². The molecule has 0 saturated heterocycles. The van der Waals surface area contributed by atoms with Crippen LogP contribution in [0.25, 0.3) is 22.6 Å². The number of aryl methyl sites for hydroxylation is 1. The second-order valence-corrected chi connectivity index (χ2v) is 9.29. The summed E-state index contributed by atoms with van der Waals surface area (Å²) in [5, 5.41) is 5.80. The van der Waals surface area contributed by atoms with E-state index in [0.29, 0.717) is 22.8 Å². The summed E-state index contributed by atoms with van der Waals surface area (Å²) in [5.41, 5.74) is 5.51. The van der Waals surface area contributed by atoms with Crippen LogP contribution in [0.4, 0.5) is 11.4 Å². The maximum atomic E-state index is 12.4. The number of amides is 2. The lowest BCUT2D eigenvalue weighted by atomic mass is 10.1. The van der Waals surface area contributed by atoms with Crippen LogP contribution in [-0.2, 0) is 4.79 Å². The highest BCUT2D eigenvalue weighted by molar-refractivity contribution is 8.00. The van der Waals surface area contributed by atoms with Gasteiger partial charge in [0.1, 0.15) is 5.52 Å². The summed E-state index contributed by atoms with van der Waals surface area (Å²) in [4.78, 5) is 30.2. The van der Waals surface area contributed by atoms with E-state index in [1.165, 1.54) is 11.8 Å². The van der Waals surface area contributed by atoms with Gasteiger partial charge in [0.15, 0.2) is 5.58 Å². The van der Waals surface area contributed by atoms with Gasteiger partial charge in [-0.1, -0.05) is 29.8 Å². The maximum absolute atomic E-state index is 12.4. The normalized spacial score (nSPS) is 10.8. The van der Waals surface area contributed by atoms with E-state index >= 15 is 0 Å². The first-order chi connectivity index (χ1) is 17.5. The molecule has 0 aliphatic rings. The van der Waals surface area contributed by atoms with Crippen molar-refractivity contribution in [1.29, 1.82) is 0 Å². The SMILES string of the molecule is Cc1ccc(C(=O)Nc2ccc(SCC(=O)Nc3ccc(-c4nc5ccccc5o4)cc3)cc2)cc1. The van der Waals surface area contributed by atoms with Crippen molar-refractivity contribution in [3.05, 3.63) is 108 Å². The van der Waals surface area contributed by atoms with Crippen molar-refractivity contribution in [1.82, 2.24) is 4.98 Å². The van der Waals surface area contributed by atoms with E-state index in [4.69, 9.17) is 4.42 Å². The van der Waals surface area contributed by atoms with Crippen molar-refractivity contribution in [2.75, 3.05) is 16.4 Å². The Morgan fingerprint density at radius 1 is 0.806 bits per heavy atom. The first kappa shape index (κ1) is 23.4. The molecule has 0 unspecified atom stereocenters. The Morgan fingerprint density at radius 2 is 1.47 bits per heavy atom. The van der Waals surface area contributed by atoms with E-state index in [2.05, 4.69) is 15.6 Å². The molecule has 0 radical (unpaired) electrons. The second kappa shape index (κ2) is 10.5. The molecule has 7 heteroatoms. The summed E-state index contributed by atoms with van der Waals surface area (Å²) >= 11 is 1.43. The van der Waals surface area contributed by atoms with Gasteiger partial charge < -0.3 is 15.1 Å². The summed E-state index contributed by atoms with van der Waals surface area (Å²) in [6.07, 6.45) is 0. The lowest BCUT2D eigenvalue weighted by Crippen LogP contribution is -2.14. The Kier molecular flexibility index (Phi) is 6.82. The fraction of sp³-hybridized carbons (Fsp3) is 0.0690. The number of nitrogens with zero attached hydrogens (tertiary/aromatic N) is 1. The Hall–Kier alpha value is -4.36. The van der Waals surface area contributed by atoms with Crippen molar-refractivity contribution in [3.63, 3.8) is 0 Å². The molecular formula is C29H23N3O3S. The van der Waals surface area contributed by atoms with Gasteiger partial charge in [0, 0.05) is 27.4 Å². The van der Waals surface area contributed by atoms with Crippen LogP contribution in [0.3, 0.4) is 0 Å². The van der Waals surface area contributed by atoms with E-state index in [1.807, 2.05) is 91.9 Å². The lowest BCUT2D eigenvalue weighted by molar-refractivity contribution is -0.113.